The normalized spacial score (nSPS) is 10.3. The fourth-order valence-corrected chi connectivity index (χ4v) is 2.57. The molecule has 0 aliphatic heterocycles. The van der Waals surface area contributed by atoms with Gasteiger partial charge >= 0.3 is 0 Å². The van der Waals surface area contributed by atoms with Crippen LogP contribution in [0, 0.1) is 6.92 Å². The van der Waals surface area contributed by atoms with Crippen molar-refractivity contribution in [2.45, 2.75) is 20.3 Å². The highest BCUT2D eigenvalue weighted by molar-refractivity contribution is 7.09. The van der Waals surface area contributed by atoms with E-state index in [1.165, 1.54) is 0 Å². The van der Waals surface area contributed by atoms with Crippen molar-refractivity contribution in [3.05, 3.63) is 45.9 Å². The van der Waals surface area contributed by atoms with E-state index in [0.29, 0.717) is 12.1 Å². The lowest BCUT2D eigenvalue weighted by Gasteiger charge is -2.11. The summed E-state index contributed by atoms with van der Waals surface area (Å²) < 4.78 is 0. The molecule has 2 rings (SSSR count). The van der Waals surface area contributed by atoms with Gasteiger partial charge in [0.15, 0.2) is 0 Å². The average molecular weight is 289 g/mol. The Morgan fingerprint density at radius 1 is 1.40 bits per heavy atom. The first-order valence-electron chi connectivity index (χ1n) is 6.71. The topological polar surface area (TPSA) is 54.0 Å². The van der Waals surface area contributed by atoms with Crippen molar-refractivity contribution in [1.82, 2.24) is 10.3 Å². The molecule has 5 heteroatoms. The summed E-state index contributed by atoms with van der Waals surface area (Å²) in [6.45, 7) is 5.44. The molecule has 2 aromatic rings. The minimum Gasteiger partial charge on any atom is -0.385 e. The van der Waals surface area contributed by atoms with Gasteiger partial charge in [0.1, 0.15) is 0 Å². The number of nitrogens with one attached hydrogen (secondary N) is 2. The third kappa shape index (κ3) is 3.81. The molecule has 0 bridgehead atoms. The maximum atomic E-state index is 12.2. The second-order valence-corrected chi connectivity index (χ2v) is 5.49. The number of thiazole rings is 1. The quantitative estimate of drug-likeness (QED) is 0.860. The van der Waals surface area contributed by atoms with Crippen LogP contribution in [0.25, 0.3) is 0 Å². The van der Waals surface area contributed by atoms with Gasteiger partial charge in [0.2, 0.25) is 0 Å². The van der Waals surface area contributed by atoms with Gasteiger partial charge in [-0.1, -0.05) is 6.07 Å². The molecule has 0 aliphatic carbocycles. The van der Waals surface area contributed by atoms with Crippen LogP contribution in [0.4, 0.5) is 5.69 Å². The summed E-state index contributed by atoms with van der Waals surface area (Å²) in [6.07, 6.45) is 2.55. The molecule has 0 fully saturated rings. The number of rotatable bonds is 6. The molecule has 20 heavy (non-hydrogen) atoms. The third-order valence-electron chi connectivity index (χ3n) is 2.89. The smallest absolute Gasteiger partial charge is 0.253 e. The van der Waals surface area contributed by atoms with Crippen molar-refractivity contribution in [3.63, 3.8) is 0 Å². The van der Waals surface area contributed by atoms with Crippen LogP contribution in [-0.4, -0.2) is 24.0 Å². The molecule has 0 radical (unpaired) electrons. The van der Waals surface area contributed by atoms with Crippen LogP contribution in [-0.2, 0) is 6.42 Å². The monoisotopic (exact) mass is 289 g/mol. The van der Waals surface area contributed by atoms with E-state index < -0.39 is 0 Å². The number of aromatic nitrogens is 1. The molecule has 0 spiro atoms. The molecule has 0 saturated heterocycles. The number of nitrogens with zero attached hydrogens (tertiary/aromatic N) is 1. The van der Waals surface area contributed by atoms with Gasteiger partial charge in [-0.25, -0.2) is 4.98 Å². The Bertz CT molecular complexity index is 567. The number of anilines is 1. The summed E-state index contributed by atoms with van der Waals surface area (Å²) in [6, 6.07) is 5.82. The van der Waals surface area contributed by atoms with Gasteiger partial charge in [0.05, 0.1) is 10.6 Å². The Morgan fingerprint density at radius 2 is 2.25 bits per heavy atom. The highest BCUT2D eigenvalue weighted by Crippen LogP contribution is 2.17. The first-order valence-corrected chi connectivity index (χ1v) is 7.59. The average Bonchev–Trinajstić information content (AvgIpc) is 2.92. The number of hydrogen-bond acceptors (Lipinski definition) is 4. The Kier molecular flexibility index (Phi) is 5.12. The number of carbonyl (C=O) groups excluding carboxylic acids is 1. The first-order chi connectivity index (χ1) is 9.70. The summed E-state index contributed by atoms with van der Waals surface area (Å²) in [5.74, 6) is -0.0440. The van der Waals surface area contributed by atoms with Crippen LogP contribution in [0.3, 0.4) is 0 Å². The predicted octanol–water partition coefficient (Wildman–Crippen LogP) is 2.86. The zero-order valence-corrected chi connectivity index (χ0v) is 12.6. The molecule has 1 amide bonds. The standard InChI is InChI=1S/C15H19N3OS/c1-3-16-13-10-11(2)4-5-12(13)15(19)18-7-6-14-17-8-9-20-14/h4-5,8-10,16H,3,6-7H2,1-2H3,(H,18,19). The summed E-state index contributed by atoms with van der Waals surface area (Å²) in [5.41, 5.74) is 2.72. The molecule has 1 aromatic heterocycles. The lowest BCUT2D eigenvalue weighted by Crippen LogP contribution is -2.26. The van der Waals surface area contributed by atoms with Crippen LogP contribution in [0.2, 0.25) is 0 Å². The Morgan fingerprint density at radius 3 is 2.95 bits per heavy atom. The predicted molar refractivity (Wildman–Crippen MR) is 83.5 cm³/mol. The molecular formula is C15H19N3OS. The summed E-state index contributed by atoms with van der Waals surface area (Å²) in [7, 11) is 0. The second-order valence-electron chi connectivity index (χ2n) is 4.51. The van der Waals surface area contributed by atoms with Crippen LogP contribution < -0.4 is 10.6 Å². The summed E-state index contributed by atoms with van der Waals surface area (Å²) in [5, 5.41) is 9.16. The van der Waals surface area contributed by atoms with Crippen molar-refractivity contribution in [3.8, 4) is 0 Å². The first kappa shape index (κ1) is 14.5. The molecule has 0 unspecified atom stereocenters. The van der Waals surface area contributed by atoms with Crippen LogP contribution in [0.15, 0.2) is 29.8 Å². The van der Waals surface area contributed by atoms with Crippen molar-refractivity contribution in [2.24, 2.45) is 0 Å². The van der Waals surface area contributed by atoms with Gasteiger partial charge in [0, 0.05) is 36.8 Å². The number of hydrogen-bond donors (Lipinski definition) is 2. The maximum Gasteiger partial charge on any atom is 0.253 e. The molecular weight excluding hydrogens is 270 g/mol. The zero-order valence-electron chi connectivity index (χ0n) is 11.8. The van der Waals surface area contributed by atoms with Gasteiger partial charge in [-0.05, 0) is 31.5 Å². The Hall–Kier alpha value is -1.88. The maximum absolute atomic E-state index is 12.2. The van der Waals surface area contributed by atoms with Crippen molar-refractivity contribution in [1.29, 1.82) is 0 Å². The van der Waals surface area contributed by atoms with E-state index >= 15 is 0 Å². The molecule has 0 aliphatic rings. The number of carbonyl (C=O) groups is 1. The Balaban J connectivity index is 1.97. The minimum absolute atomic E-state index is 0.0440. The van der Waals surface area contributed by atoms with Crippen molar-refractivity contribution in [2.75, 3.05) is 18.4 Å². The summed E-state index contributed by atoms with van der Waals surface area (Å²) in [4.78, 5) is 16.4. The summed E-state index contributed by atoms with van der Waals surface area (Å²) >= 11 is 1.61. The highest BCUT2D eigenvalue weighted by atomic mass is 32.1. The molecule has 0 atom stereocenters. The second kappa shape index (κ2) is 7.05. The van der Waals surface area contributed by atoms with Gasteiger partial charge in [-0.2, -0.15) is 0 Å². The molecule has 4 nitrogen and oxygen atoms in total. The third-order valence-corrected chi connectivity index (χ3v) is 3.73. The van der Waals surface area contributed by atoms with Crippen molar-refractivity contribution < 1.29 is 4.79 Å². The lowest BCUT2D eigenvalue weighted by atomic mass is 10.1. The molecule has 2 N–H and O–H groups in total. The minimum atomic E-state index is -0.0440. The van der Waals surface area contributed by atoms with Crippen LogP contribution in [0.5, 0.6) is 0 Å². The van der Waals surface area contributed by atoms with E-state index in [0.717, 1.165) is 29.2 Å². The fourth-order valence-electron chi connectivity index (χ4n) is 1.95. The van der Waals surface area contributed by atoms with Crippen LogP contribution in [0.1, 0.15) is 27.9 Å². The van der Waals surface area contributed by atoms with Gasteiger partial charge < -0.3 is 10.6 Å². The van der Waals surface area contributed by atoms with E-state index in [-0.39, 0.29) is 5.91 Å². The van der Waals surface area contributed by atoms with Crippen LogP contribution >= 0.6 is 11.3 Å². The number of benzene rings is 1. The number of amides is 1. The van der Waals surface area contributed by atoms with Gasteiger partial charge in [-0.15, -0.1) is 11.3 Å². The van der Waals surface area contributed by atoms with E-state index in [9.17, 15) is 4.79 Å². The SMILES string of the molecule is CCNc1cc(C)ccc1C(=O)NCCc1nccs1. The van der Waals surface area contributed by atoms with Gasteiger partial charge in [-0.3, -0.25) is 4.79 Å². The highest BCUT2D eigenvalue weighted by Gasteiger charge is 2.10. The molecule has 1 heterocycles. The van der Waals surface area contributed by atoms with Gasteiger partial charge in [0.25, 0.3) is 5.91 Å². The van der Waals surface area contributed by atoms with E-state index in [1.54, 1.807) is 17.5 Å². The lowest BCUT2D eigenvalue weighted by molar-refractivity contribution is 0.0955. The molecule has 106 valence electrons. The number of aryl methyl sites for hydroxylation is 1. The molecule has 0 saturated carbocycles. The largest absolute Gasteiger partial charge is 0.385 e. The van der Waals surface area contributed by atoms with E-state index in [4.69, 9.17) is 0 Å². The zero-order chi connectivity index (χ0) is 14.4. The van der Waals surface area contributed by atoms with Crippen molar-refractivity contribution >= 4 is 22.9 Å². The molecule has 1 aromatic carbocycles. The van der Waals surface area contributed by atoms with E-state index in [2.05, 4.69) is 15.6 Å². The fraction of sp³-hybridized carbons (Fsp3) is 0.333. The Labute approximate surface area is 123 Å². The van der Waals surface area contributed by atoms with E-state index in [1.807, 2.05) is 37.4 Å².